The molecule has 0 atom stereocenters. The van der Waals surface area contributed by atoms with Crippen molar-refractivity contribution >= 4 is 11.7 Å². The Bertz CT molecular complexity index is 800. The lowest BCUT2D eigenvalue weighted by Crippen LogP contribution is -2.49. The number of aryl methyl sites for hydroxylation is 2. The molecular formula is C20H25FN4O. The van der Waals surface area contributed by atoms with Gasteiger partial charge in [-0.15, -0.1) is 0 Å². The second kappa shape index (κ2) is 7.81. The highest BCUT2D eigenvalue weighted by molar-refractivity contribution is 5.76. The molecule has 2 heterocycles. The van der Waals surface area contributed by atoms with Gasteiger partial charge in [-0.05, 0) is 31.5 Å². The Kier molecular flexibility index (Phi) is 5.49. The molecule has 3 rings (SSSR count). The number of hydrogen-bond donors (Lipinski definition) is 0. The van der Waals surface area contributed by atoms with Gasteiger partial charge in [-0.25, -0.2) is 14.4 Å². The molecule has 0 spiro atoms. The van der Waals surface area contributed by atoms with Crippen LogP contribution in [0.5, 0.6) is 0 Å². The summed E-state index contributed by atoms with van der Waals surface area (Å²) in [7, 11) is 0. The van der Waals surface area contributed by atoms with Gasteiger partial charge < -0.3 is 9.80 Å². The summed E-state index contributed by atoms with van der Waals surface area (Å²) in [5, 5.41) is 0. The largest absolute Gasteiger partial charge is 0.353 e. The standard InChI is InChI=1S/C20H25FN4O/c1-4-19(26)24-8-10-25(11-9-24)20-18(14(2)22-15(3)23-20)13-16-6-5-7-17(21)12-16/h5-7,12H,4,8-11,13H2,1-3H3. The van der Waals surface area contributed by atoms with Crippen LogP contribution in [0.15, 0.2) is 24.3 Å². The van der Waals surface area contributed by atoms with Crippen molar-refractivity contribution in [2.24, 2.45) is 0 Å². The third-order valence-electron chi connectivity index (χ3n) is 4.81. The maximum Gasteiger partial charge on any atom is 0.222 e. The molecule has 0 unspecified atom stereocenters. The molecule has 6 heteroatoms. The number of anilines is 1. The first-order valence-electron chi connectivity index (χ1n) is 9.09. The molecule has 1 aliphatic heterocycles. The second-order valence-corrected chi connectivity index (χ2v) is 6.69. The molecule has 26 heavy (non-hydrogen) atoms. The van der Waals surface area contributed by atoms with Crippen molar-refractivity contribution in [2.75, 3.05) is 31.1 Å². The zero-order chi connectivity index (χ0) is 18.7. The summed E-state index contributed by atoms with van der Waals surface area (Å²) < 4.78 is 13.6. The third kappa shape index (κ3) is 4.00. The maximum absolute atomic E-state index is 13.6. The Balaban J connectivity index is 1.86. The van der Waals surface area contributed by atoms with Gasteiger partial charge >= 0.3 is 0 Å². The number of carbonyl (C=O) groups is 1. The van der Waals surface area contributed by atoms with Crippen LogP contribution in [0.3, 0.4) is 0 Å². The lowest BCUT2D eigenvalue weighted by molar-refractivity contribution is -0.131. The van der Waals surface area contributed by atoms with Gasteiger partial charge in [-0.1, -0.05) is 19.1 Å². The first kappa shape index (κ1) is 18.3. The molecule has 1 saturated heterocycles. The molecule has 0 saturated carbocycles. The van der Waals surface area contributed by atoms with E-state index in [-0.39, 0.29) is 11.7 Å². The zero-order valence-corrected chi connectivity index (χ0v) is 15.6. The van der Waals surface area contributed by atoms with Gasteiger partial charge in [0.1, 0.15) is 17.5 Å². The first-order chi connectivity index (χ1) is 12.5. The average Bonchev–Trinajstić information content (AvgIpc) is 2.63. The van der Waals surface area contributed by atoms with Crippen LogP contribution in [-0.2, 0) is 11.2 Å². The highest BCUT2D eigenvalue weighted by Gasteiger charge is 2.24. The zero-order valence-electron chi connectivity index (χ0n) is 15.6. The second-order valence-electron chi connectivity index (χ2n) is 6.69. The average molecular weight is 356 g/mol. The van der Waals surface area contributed by atoms with Gasteiger partial charge in [0.2, 0.25) is 5.91 Å². The van der Waals surface area contributed by atoms with Crippen LogP contribution < -0.4 is 4.90 Å². The van der Waals surface area contributed by atoms with Crippen molar-refractivity contribution in [3.63, 3.8) is 0 Å². The van der Waals surface area contributed by atoms with E-state index in [1.54, 1.807) is 12.1 Å². The van der Waals surface area contributed by atoms with E-state index in [4.69, 9.17) is 0 Å². The number of benzene rings is 1. The third-order valence-corrected chi connectivity index (χ3v) is 4.81. The van der Waals surface area contributed by atoms with Crippen molar-refractivity contribution in [1.82, 2.24) is 14.9 Å². The minimum absolute atomic E-state index is 0.194. The number of halogens is 1. The van der Waals surface area contributed by atoms with Gasteiger partial charge in [0, 0.05) is 50.3 Å². The smallest absolute Gasteiger partial charge is 0.222 e. The van der Waals surface area contributed by atoms with Crippen LogP contribution in [0.2, 0.25) is 0 Å². The Hall–Kier alpha value is -2.50. The van der Waals surface area contributed by atoms with Gasteiger partial charge in [0.15, 0.2) is 0 Å². The summed E-state index contributed by atoms with van der Waals surface area (Å²) in [6.45, 7) is 8.66. The molecule has 1 aromatic carbocycles. The van der Waals surface area contributed by atoms with Crippen molar-refractivity contribution < 1.29 is 9.18 Å². The van der Waals surface area contributed by atoms with Crippen LogP contribution in [0, 0.1) is 19.7 Å². The number of nitrogens with zero attached hydrogens (tertiary/aromatic N) is 4. The molecule has 0 bridgehead atoms. The number of hydrogen-bond acceptors (Lipinski definition) is 4. The fourth-order valence-electron chi connectivity index (χ4n) is 3.43. The Labute approximate surface area is 153 Å². The monoisotopic (exact) mass is 356 g/mol. The van der Waals surface area contributed by atoms with Crippen molar-refractivity contribution in [3.05, 3.63) is 52.7 Å². The Morgan fingerprint density at radius 3 is 2.54 bits per heavy atom. The lowest BCUT2D eigenvalue weighted by atomic mass is 10.0. The van der Waals surface area contributed by atoms with Gasteiger partial charge in [-0.2, -0.15) is 0 Å². The quantitative estimate of drug-likeness (QED) is 0.845. The molecule has 0 aliphatic carbocycles. The SMILES string of the molecule is CCC(=O)N1CCN(c2nc(C)nc(C)c2Cc2cccc(F)c2)CC1. The summed E-state index contributed by atoms with van der Waals surface area (Å²) in [5.41, 5.74) is 2.85. The number of carbonyl (C=O) groups excluding carboxylic acids is 1. The maximum atomic E-state index is 13.6. The van der Waals surface area contributed by atoms with Crippen LogP contribution in [-0.4, -0.2) is 47.0 Å². The molecule has 1 fully saturated rings. The van der Waals surface area contributed by atoms with Crippen molar-refractivity contribution in [2.45, 2.75) is 33.6 Å². The summed E-state index contributed by atoms with van der Waals surface area (Å²) >= 11 is 0. The van der Waals surface area contributed by atoms with Crippen molar-refractivity contribution in [3.8, 4) is 0 Å². The van der Waals surface area contributed by atoms with Crippen LogP contribution in [0.25, 0.3) is 0 Å². The van der Waals surface area contributed by atoms with E-state index in [0.717, 1.165) is 41.6 Å². The van der Waals surface area contributed by atoms with Crippen LogP contribution in [0.4, 0.5) is 10.2 Å². The van der Waals surface area contributed by atoms with Gasteiger partial charge in [0.25, 0.3) is 0 Å². The highest BCUT2D eigenvalue weighted by Crippen LogP contribution is 2.25. The number of rotatable bonds is 4. The molecule has 5 nitrogen and oxygen atoms in total. The van der Waals surface area contributed by atoms with E-state index in [1.165, 1.54) is 6.07 Å². The normalized spacial score (nSPS) is 14.6. The van der Waals surface area contributed by atoms with Crippen LogP contribution in [0.1, 0.15) is 36.0 Å². The number of aromatic nitrogens is 2. The molecular weight excluding hydrogens is 331 g/mol. The Morgan fingerprint density at radius 1 is 1.15 bits per heavy atom. The summed E-state index contributed by atoms with van der Waals surface area (Å²) in [6.07, 6.45) is 1.13. The summed E-state index contributed by atoms with van der Waals surface area (Å²) in [5.74, 6) is 1.59. The molecule has 1 amide bonds. The predicted molar refractivity (Wildman–Crippen MR) is 99.8 cm³/mol. The topological polar surface area (TPSA) is 49.3 Å². The lowest BCUT2D eigenvalue weighted by Gasteiger charge is -2.36. The number of amides is 1. The van der Waals surface area contributed by atoms with E-state index >= 15 is 0 Å². The molecule has 0 radical (unpaired) electrons. The number of piperazine rings is 1. The predicted octanol–water partition coefficient (Wildman–Crippen LogP) is 2.88. The van der Waals surface area contributed by atoms with E-state index in [1.807, 2.05) is 31.7 Å². The van der Waals surface area contributed by atoms with E-state index < -0.39 is 0 Å². The van der Waals surface area contributed by atoms with Crippen LogP contribution >= 0.6 is 0 Å². The van der Waals surface area contributed by atoms with Crippen molar-refractivity contribution in [1.29, 1.82) is 0 Å². The molecule has 1 aromatic heterocycles. The minimum Gasteiger partial charge on any atom is -0.353 e. The molecule has 1 aliphatic rings. The van der Waals surface area contributed by atoms with E-state index in [0.29, 0.717) is 25.9 Å². The Morgan fingerprint density at radius 2 is 1.88 bits per heavy atom. The summed E-state index contributed by atoms with van der Waals surface area (Å²) in [4.78, 5) is 25.2. The highest BCUT2D eigenvalue weighted by atomic mass is 19.1. The fourth-order valence-corrected chi connectivity index (χ4v) is 3.43. The minimum atomic E-state index is -0.235. The van der Waals surface area contributed by atoms with E-state index in [2.05, 4.69) is 14.9 Å². The molecule has 2 aromatic rings. The van der Waals surface area contributed by atoms with E-state index in [9.17, 15) is 9.18 Å². The molecule has 0 N–H and O–H groups in total. The first-order valence-corrected chi connectivity index (χ1v) is 9.09. The fraction of sp³-hybridized carbons (Fsp3) is 0.450. The molecule has 138 valence electrons. The van der Waals surface area contributed by atoms with Gasteiger partial charge in [0.05, 0.1) is 0 Å². The van der Waals surface area contributed by atoms with Gasteiger partial charge in [-0.3, -0.25) is 4.79 Å². The summed E-state index contributed by atoms with van der Waals surface area (Å²) in [6, 6.07) is 6.65.